The summed E-state index contributed by atoms with van der Waals surface area (Å²) in [5.74, 6) is -0.0681. The van der Waals surface area contributed by atoms with Crippen LogP contribution in [0.2, 0.25) is 0 Å². The van der Waals surface area contributed by atoms with E-state index in [2.05, 4.69) is 16.2 Å². The van der Waals surface area contributed by atoms with Crippen molar-refractivity contribution in [1.29, 1.82) is 0 Å². The third kappa shape index (κ3) is 5.53. The van der Waals surface area contributed by atoms with E-state index >= 15 is 0 Å². The highest BCUT2D eigenvalue weighted by Crippen LogP contribution is 2.03. The van der Waals surface area contributed by atoms with E-state index in [0.717, 1.165) is 11.1 Å². The fourth-order valence-corrected chi connectivity index (χ4v) is 1.22. The van der Waals surface area contributed by atoms with Crippen LogP contribution in [0.4, 0.5) is 4.79 Å². The average molecular weight is 237 g/mol. The van der Waals surface area contributed by atoms with Gasteiger partial charge in [-0.05, 0) is 11.1 Å². The first-order valence-electron chi connectivity index (χ1n) is 5.12. The molecule has 2 amide bonds. The number of nitrogens with one attached hydrogen (secondary N) is 3. The van der Waals surface area contributed by atoms with Crippen LogP contribution < -0.4 is 16.2 Å². The maximum atomic E-state index is 10.7. The first-order chi connectivity index (χ1) is 8.08. The topological polar surface area (TPSA) is 90.5 Å². The molecule has 1 aromatic carbocycles. The van der Waals surface area contributed by atoms with E-state index in [-0.39, 0.29) is 5.91 Å². The van der Waals surface area contributed by atoms with Gasteiger partial charge in [0.1, 0.15) is 0 Å². The number of hydrazine groups is 1. The third-order valence-corrected chi connectivity index (χ3v) is 2.05. The normalized spacial score (nSPS) is 9.71. The maximum absolute atomic E-state index is 10.7. The first-order valence-corrected chi connectivity index (χ1v) is 5.12. The molecule has 0 aliphatic carbocycles. The minimum Gasteiger partial charge on any atom is -0.464 e. The number of carbonyl (C=O) groups excluding carboxylic acids is 1. The van der Waals surface area contributed by atoms with E-state index in [1.807, 2.05) is 24.3 Å². The lowest BCUT2D eigenvalue weighted by Gasteiger charge is -2.06. The molecule has 0 atom stereocenters. The number of carboxylic acid groups (broad SMARTS) is 1. The molecule has 0 spiro atoms. The summed E-state index contributed by atoms with van der Waals surface area (Å²) in [6.45, 7) is 2.37. The maximum Gasteiger partial charge on any atom is 0.419 e. The predicted molar refractivity (Wildman–Crippen MR) is 62.0 cm³/mol. The molecule has 6 heteroatoms. The molecule has 0 aliphatic heterocycles. The van der Waals surface area contributed by atoms with Crippen LogP contribution in [0.25, 0.3) is 0 Å². The molecule has 0 fully saturated rings. The van der Waals surface area contributed by atoms with E-state index < -0.39 is 6.09 Å². The second-order valence-corrected chi connectivity index (χ2v) is 3.51. The zero-order valence-electron chi connectivity index (χ0n) is 9.49. The first kappa shape index (κ1) is 13.0. The minimum atomic E-state index is -1.12. The van der Waals surface area contributed by atoms with Crippen LogP contribution >= 0.6 is 0 Å². The lowest BCUT2D eigenvalue weighted by atomic mass is 10.1. The van der Waals surface area contributed by atoms with E-state index in [4.69, 9.17) is 5.11 Å². The van der Waals surface area contributed by atoms with Crippen molar-refractivity contribution in [3.63, 3.8) is 0 Å². The Bertz CT molecular complexity index is 389. The smallest absolute Gasteiger partial charge is 0.419 e. The van der Waals surface area contributed by atoms with E-state index in [9.17, 15) is 9.59 Å². The van der Waals surface area contributed by atoms with Crippen molar-refractivity contribution in [2.45, 2.75) is 20.0 Å². The average Bonchev–Trinajstić information content (AvgIpc) is 2.27. The Kier molecular flexibility index (Phi) is 4.96. The van der Waals surface area contributed by atoms with Crippen LogP contribution in [0.3, 0.4) is 0 Å². The van der Waals surface area contributed by atoms with Crippen molar-refractivity contribution in [2.75, 3.05) is 0 Å². The van der Waals surface area contributed by atoms with Crippen molar-refractivity contribution in [2.24, 2.45) is 0 Å². The van der Waals surface area contributed by atoms with Gasteiger partial charge in [0, 0.05) is 20.0 Å². The van der Waals surface area contributed by atoms with E-state index in [1.165, 1.54) is 6.92 Å². The minimum absolute atomic E-state index is 0.0681. The second kappa shape index (κ2) is 6.49. The summed E-state index contributed by atoms with van der Waals surface area (Å²) >= 11 is 0. The van der Waals surface area contributed by atoms with E-state index in [0.29, 0.717) is 13.1 Å². The lowest BCUT2D eigenvalue weighted by molar-refractivity contribution is -0.119. The molecule has 0 unspecified atom stereocenters. The summed E-state index contributed by atoms with van der Waals surface area (Å²) in [5, 5.41) is 11.0. The van der Waals surface area contributed by atoms with Gasteiger partial charge in [0.05, 0.1) is 0 Å². The van der Waals surface area contributed by atoms with Gasteiger partial charge in [-0.1, -0.05) is 24.3 Å². The lowest BCUT2D eigenvalue weighted by Crippen LogP contribution is -2.35. The van der Waals surface area contributed by atoms with Crippen LogP contribution in [-0.2, 0) is 17.9 Å². The van der Waals surface area contributed by atoms with Gasteiger partial charge in [0.2, 0.25) is 5.91 Å². The van der Waals surface area contributed by atoms with Crippen LogP contribution in [0.5, 0.6) is 0 Å². The van der Waals surface area contributed by atoms with Crippen molar-refractivity contribution in [3.05, 3.63) is 35.4 Å². The van der Waals surface area contributed by atoms with Crippen molar-refractivity contribution >= 4 is 12.0 Å². The Morgan fingerprint density at radius 3 is 2.12 bits per heavy atom. The molecule has 0 aliphatic rings. The highest BCUT2D eigenvalue weighted by molar-refractivity contribution is 5.72. The molecule has 0 heterocycles. The molecule has 0 radical (unpaired) electrons. The number of rotatable bonds is 5. The zero-order chi connectivity index (χ0) is 12.7. The summed E-state index contributed by atoms with van der Waals surface area (Å²) in [6, 6.07) is 7.50. The molecule has 17 heavy (non-hydrogen) atoms. The van der Waals surface area contributed by atoms with Crippen LogP contribution in [0, 0.1) is 0 Å². The summed E-state index contributed by atoms with van der Waals surface area (Å²) in [6.07, 6.45) is -1.12. The highest BCUT2D eigenvalue weighted by atomic mass is 16.4. The summed E-state index contributed by atoms with van der Waals surface area (Å²) in [4.78, 5) is 20.9. The number of benzene rings is 1. The van der Waals surface area contributed by atoms with Crippen molar-refractivity contribution in [3.8, 4) is 0 Å². The molecule has 1 rings (SSSR count). The molecule has 4 N–H and O–H groups in total. The predicted octanol–water partition coefficient (Wildman–Crippen LogP) is 0.595. The molecule has 0 saturated carbocycles. The summed E-state index contributed by atoms with van der Waals surface area (Å²) in [7, 11) is 0. The standard InChI is InChI=1S/C11H15N3O3/c1-8(15)12-6-9-2-4-10(5-3-9)7-13-14-11(16)17/h2-5,13-14H,6-7H2,1H3,(H,12,15)(H,16,17). The number of carbonyl (C=O) groups is 2. The quantitative estimate of drug-likeness (QED) is 0.564. The van der Waals surface area contributed by atoms with Crippen LogP contribution in [-0.4, -0.2) is 17.1 Å². The Morgan fingerprint density at radius 1 is 1.12 bits per heavy atom. The molecule has 1 aromatic rings. The third-order valence-electron chi connectivity index (χ3n) is 2.05. The van der Waals surface area contributed by atoms with Gasteiger partial charge >= 0.3 is 6.09 Å². The Morgan fingerprint density at radius 2 is 1.65 bits per heavy atom. The molecule has 92 valence electrons. The van der Waals surface area contributed by atoms with Gasteiger partial charge in [-0.25, -0.2) is 10.2 Å². The number of amides is 2. The van der Waals surface area contributed by atoms with Crippen LogP contribution in [0.15, 0.2) is 24.3 Å². The number of hydrogen-bond acceptors (Lipinski definition) is 3. The van der Waals surface area contributed by atoms with Gasteiger partial charge in [-0.2, -0.15) is 0 Å². The Hall–Kier alpha value is -2.08. The largest absolute Gasteiger partial charge is 0.464 e. The monoisotopic (exact) mass is 237 g/mol. The van der Waals surface area contributed by atoms with E-state index in [1.54, 1.807) is 0 Å². The molecule has 0 bridgehead atoms. The number of hydrogen-bond donors (Lipinski definition) is 4. The fourth-order valence-electron chi connectivity index (χ4n) is 1.22. The van der Waals surface area contributed by atoms with Gasteiger partial charge < -0.3 is 10.4 Å². The second-order valence-electron chi connectivity index (χ2n) is 3.51. The van der Waals surface area contributed by atoms with Crippen LogP contribution in [0.1, 0.15) is 18.1 Å². The Balaban J connectivity index is 2.39. The van der Waals surface area contributed by atoms with Gasteiger partial charge in [0.15, 0.2) is 0 Å². The summed E-state index contributed by atoms with van der Waals surface area (Å²) < 4.78 is 0. The van der Waals surface area contributed by atoms with Gasteiger partial charge in [0.25, 0.3) is 0 Å². The molecule has 0 saturated heterocycles. The highest BCUT2D eigenvalue weighted by Gasteiger charge is 1.97. The van der Waals surface area contributed by atoms with Crippen molar-refractivity contribution in [1.82, 2.24) is 16.2 Å². The Labute approximate surface area is 99.0 Å². The molecule has 0 aromatic heterocycles. The molecular weight excluding hydrogens is 222 g/mol. The fraction of sp³-hybridized carbons (Fsp3) is 0.273. The SMILES string of the molecule is CC(=O)NCc1ccc(CNNC(=O)O)cc1. The zero-order valence-corrected chi connectivity index (χ0v) is 9.49. The van der Waals surface area contributed by atoms with Gasteiger partial charge in [-0.3, -0.25) is 10.2 Å². The molecule has 6 nitrogen and oxygen atoms in total. The van der Waals surface area contributed by atoms with Crippen molar-refractivity contribution < 1.29 is 14.7 Å². The van der Waals surface area contributed by atoms with Gasteiger partial charge in [-0.15, -0.1) is 0 Å². The summed E-state index contributed by atoms with van der Waals surface area (Å²) in [5.41, 5.74) is 6.55. The molecular formula is C11H15N3O3.